The van der Waals surface area contributed by atoms with Crippen LogP contribution in [0, 0.1) is 0 Å². The van der Waals surface area contributed by atoms with Gasteiger partial charge in [0.15, 0.2) is 0 Å². The van der Waals surface area contributed by atoms with E-state index >= 15 is 0 Å². The Morgan fingerprint density at radius 2 is 1.90 bits per heavy atom. The minimum Gasteiger partial charge on any atom is -0.384 e. The fourth-order valence-electron chi connectivity index (χ4n) is 1.63. The standard InChI is InChI=1S/C13H16N4O2S/c1-2-16-12-7-13(10-15-9-12)20(18,19)17-8-11-3-5-14-6-4-11/h3-7,9-10,16-17H,2,8H2,1H3. The van der Waals surface area contributed by atoms with E-state index in [1.165, 1.54) is 6.20 Å². The summed E-state index contributed by atoms with van der Waals surface area (Å²) in [5, 5.41) is 3.03. The average molecular weight is 292 g/mol. The van der Waals surface area contributed by atoms with Gasteiger partial charge in [0.2, 0.25) is 10.0 Å². The van der Waals surface area contributed by atoms with Gasteiger partial charge < -0.3 is 5.32 Å². The van der Waals surface area contributed by atoms with E-state index < -0.39 is 10.0 Å². The molecule has 2 rings (SSSR count). The number of nitrogens with zero attached hydrogens (tertiary/aromatic N) is 2. The Bertz CT molecular complexity index is 659. The number of aromatic nitrogens is 2. The van der Waals surface area contributed by atoms with Gasteiger partial charge in [-0.15, -0.1) is 0 Å². The summed E-state index contributed by atoms with van der Waals surface area (Å²) in [6, 6.07) is 5.08. The number of sulfonamides is 1. The quantitative estimate of drug-likeness (QED) is 0.840. The van der Waals surface area contributed by atoms with Crippen LogP contribution >= 0.6 is 0 Å². The Balaban J connectivity index is 2.12. The smallest absolute Gasteiger partial charge is 0.242 e. The van der Waals surface area contributed by atoms with Crippen molar-refractivity contribution in [3.63, 3.8) is 0 Å². The fraction of sp³-hybridized carbons (Fsp3) is 0.231. The van der Waals surface area contributed by atoms with E-state index in [-0.39, 0.29) is 11.4 Å². The van der Waals surface area contributed by atoms with E-state index in [9.17, 15) is 8.42 Å². The summed E-state index contributed by atoms with van der Waals surface area (Å²) in [7, 11) is -3.57. The van der Waals surface area contributed by atoms with Gasteiger partial charge in [0, 0.05) is 31.7 Å². The highest BCUT2D eigenvalue weighted by atomic mass is 32.2. The Labute approximate surface area is 118 Å². The molecular formula is C13H16N4O2S. The summed E-state index contributed by atoms with van der Waals surface area (Å²) in [6.07, 6.45) is 6.16. The van der Waals surface area contributed by atoms with Gasteiger partial charge in [0.1, 0.15) is 4.90 Å². The predicted octanol–water partition coefficient (Wildman–Crippen LogP) is 1.39. The first-order valence-corrected chi connectivity index (χ1v) is 7.67. The summed E-state index contributed by atoms with van der Waals surface area (Å²) in [5.74, 6) is 0. The molecule has 0 saturated carbocycles. The van der Waals surface area contributed by atoms with Gasteiger partial charge in [-0.3, -0.25) is 9.97 Å². The van der Waals surface area contributed by atoms with Gasteiger partial charge in [0.25, 0.3) is 0 Å². The molecule has 0 spiro atoms. The van der Waals surface area contributed by atoms with E-state index in [0.717, 1.165) is 5.56 Å². The zero-order valence-corrected chi connectivity index (χ0v) is 11.9. The van der Waals surface area contributed by atoms with Crippen molar-refractivity contribution < 1.29 is 8.42 Å². The topological polar surface area (TPSA) is 84.0 Å². The maximum atomic E-state index is 12.2. The summed E-state index contributed by atoms with van der Waals surface area (Å²) in [6.45, 7) is 2.86. The molecule has 0 atom stereocenters. The number of nitrogens with one attached hydrogen (secondary N) is 2. The molecule has 2 N–H and O–H groups in total. The lowest BCUT2D eigenvalue weighted by Gasteiger charge is -2.08. The van der Waals surface area contributed by atoms with Crippen molar-refractivity contribution in [3.05, 3.63) is 48.5 Å². The first kappa shape index (κ1) is 14.4. The van der Waals surface area contributed by atoms with Gasteiger partial charge in [-0.25, -0.2) is 13.1 Å². The molecule has 2 aromatic heterocycles. The van der Waals surface area contributed by atoms with E-state index in [2.05, 4.69) is 20.0 Å². The molecule has 2 aromatic rings. The van der Waals surface area contributed by atoms with Crippen LogP contribution in [0.5, 0.6) is 0 Å². The highest BCUT2D eigenvalue weighted by Gasteiger charge is 2.14. The van der Waals surface area contributed by atoms with Crippen LogP contribution in [0.1, 0.15) is 12.5 Å². The highest BCUT2D eigenvalue weighted by molar-refractivity contribution is 7.89. The van der Waals surface area contributed by atoms with E-state index in [0.29, 0.717) is 12.2 Å². The molecule has 0 unspecified atom stereocenters. The molecule has 6 nitrogen and oxygen atoms in total. The number of rotatable bonds is 6. The Hall–Kier alpha value is -1.99. The lowest BCUT2D eigenvalue weighted by molar-refractivity contribution is 0.581. The van der Waals surface area contributed by atoms with E-state index in [1.807, 2.05) is 6.92 Å². The maximum absolute atomic E-state index is 12.2. The summed E-state index contributed by atoms with van der Waals surface area (Å²) >= 11 is 0. The van der Waals surface area contributed by atoms with E-state index in [1.54, 1.807) is 36.8 Å². The van der Waals surface area contributed by atoms with Crippen LogP contribution in [0.25, 0.3) is 0 Å². The van der Waals surface area contributed by atoms with Gasteiger partial charge in [0.05, 0.1) is 11.9 Å². The molecule has 106 valence electrons. The summed E-state index contributed by atoms with van der Waals surface area (Å²) < 4.78 is 26.9. The molecule has 20 heavy (non-hydrogen) atoms. The van der Waals surface area contributed by atoms with Crippen LogP contribution in [-0.2, 0) is 16.6 Å². The van der Waals surface area contributed by atoms with Crippen molar-refractivity contribution in [1.29, 1.82) is 0 Å². The Morgan fingerprint density at radius 3 is 2.60 bits per heavy atom. The number of hydrogen-bond donors (Lipinski definition) is 2. The van der Waals surface area contributed by atoms with Crippen LogP contribution in [0.2, 0.25) is 0 Å². The SMILES string of the molecule is CCNc1cncc(S(=O)(=O)NCc2ccncc2)c1. The third kappa shape index (κ3) is 3.75. The van der Waals surface area contributed by atoms with Crippen LogP contribution in [0.15, 0.2) is 47.9 Å². The van der Waals surface area contributed by atoms with Crippen LogP contribution in [0.4, 0.5) is 5.69 Å². The molecule has 0 radical (unpaired) electrons. The zero-order chi connectivity index (χ0) is 14.4. The first-order valence-electron chi connectivity index (χ1n) is 6.19. The summed E-state index contributed by atoms with van der Waals surface area (Å²) in [4.78, 5) is 7.96. The van der Waals surface area contributed by atoms with Crippen molar-refractivity contribution in [3.8, 4) is 0 Å². The van der Waals surface area contributed by atoms with Crippen LogP contribution in [0.3, 0.4) is 0 Å². The van der Waals surface area contributed by atoms with Crippen molar-refractivity contribution in [2.45, 2.75) is 18.4 Å². The van der Waals surface area contributed by atoms with Crippen molar-refractivity contribution in [1.82, 2.24) is 14.7 Å². The summed E-state index contributed by atoms with van der Waals surface area (Å²) in [5.41, 5.74) is 1.53. The lowest BCUT2D eigenvalue weighted by atomic mass is 10.3. The third-order valence-corrected chi connectivity index (χ3v) is 3.99. The van der Waals surface area contributed by atoms with Crippen molar-refractivity contribution in [2.24, 2.45) is 0 Å². The molecule has 0 bridgehead atoms. The molecule has 0 aliphatic rings. The van der Waals surface area contributed by atoms with Gasteiger partial charge >= 0.3 is 0 Å². The van der Waals surface area contributed by atoms with Gasteiger partial charge in [-0.2, -0.15) is 0 Å². The second-order valence-electron chi connectivity index (χ2n) is 4.12. The minimum absolute atomic E-state index is 0.144. The molecule has 0 aromatic carbocycles. The van der Waals surface area contributed by atoms with Crippen molar-refractivity contribution in [2.75, 3.05) is 11.9 Å². The second kappa shape index (κ2) is 6.44. The maximum Gasteiger partial charge on any atom is 0.242 e. The Morgan fingerprint density at radius 1 is 1.15 bits per heavy atom. The zero-order valence-electron chi connectivity index (χ0n) is 11.1. The van der Waals surface area contributed by atoms with Gasteiger partial charge in [-0.1, -0.05) is 0 Å². The average Bonchev–Trinajstić information content (AvgIpc) is 2.47. The first-order chi connectivity index (χ1) is 9.62. The number of pyridine rings is 2. The van der Waals surface area contributed by atoms with Crippen LogP contribution in [-0.4, -0.2) is 24.9 Å². The lowest BCUT2D eigenvalue weighted by Crippen LogP contribution is -2.23. The number of hydrogen-bond acceptors (Lipinski definition) is 5. The van der Waals surface area contributed by atoms with Crippen LogP contribution < -0.4 is 10.0 Å². The van der Waals surface area contributed by atoms with Crippen molar-refractivity contribution >= 4 is 15.7 Å². The van der Waals surface area contributed by atoms with Gasteiger partial charge in [-0.05, 0) is 30.7 Å². The molecule has 0 aliphatic heterocycles. The molecule has 0 amide bonds. The molecule has 2 heterocycles. The third-order valence-electron chi connectivity index (χ3n) is 2.62. The van der Waals surface area contributed by atoms with E-state index in [4.69, 9.17) is 0 Å². The molecule has 0 saturated heterocycles. The monoisotopic (exact) mass is 292 g/mol. The highest BCUT2D eigenvalue weighted by Crippen LogP contribution is 2.13. The Kier molecular flexibility index (Phi) is 4.65. The minimum atomic E-state index is -3.57. The second-order valence-corrected chi connectivity index (χ2v) is 5.89. The number of anilines is 1. The fourth-order valence-corrected chi connectivity index (χ4v) is 2.63. The normalized spacial score (nSPS) is 11.2. The molecule has 7 heteroatoms. The molecular weight excluding hydrogens is 276 g/mol. The largest absolute Gasteiger partial charge is 0.384 e. The predicted molar refractivity (Wildman–Crippen MR) is 76.7 cm³/mol. The molecule has 0 fully saturated rings. The molecule has 0 aliphatic carbocycles.